The van der Waals surface area contributed by atoms with Crippen LogP contribution in [0.2, 0.25) is 0 Å². The summed E-state index contributed by atoms with van der Waals surface area (Å²) < 4.78 is 0. The molecule has 0 spiro atoms. The summed E-state index contributed by atoms with van der Waals surface area (Å²) in [5.74, 6) is 0.0795. The van der Waals surface area contributed by atoms with E-state index in [1.807, 2.05) is 0 Å². The van der Waals surface area contributed by atoms with Gasteiger partial charge in [0.15, 0.2) is 0 Å². The normalized spacial score (nSPS) is 26.7. The maximum atomic E-state index is 11.6. The summed E-state index contributed by atoms with van der Waals surface area (Å²) in [6.45, 7) is 6.39. The van der Waals surface area contributed by atoms with E-state index in [-0.39, 0.29) is 23.5 Å². The first-order valence-electron chi connectivity index (χ1n) is 5.86. The average Bonchev–Trinajstić information content (AvgIpc) is 2.47. The topological polar surface area (TPSA) is 49.3 Å². The van der Waals surface area contributed by atoms with Gasteiger partial charge >= 0.3 is 0 Å². The minimum absolute atomic E-state index is 0.00234. The van der Waals surface area contributed by atoms with Crippen LogP contribution in [-0.2, 0) is 4.79 Å². The van der Waals surface area contributed by atoms with Crippen LogP contribution in [0.1, 0.15) is 52.9 Å². The number of aliphatic hydroxyl groups is 1. The molecule has 1 fully saturated rings. The van der Waals surface area contributed by atoms with Gasteiger partial charge in [0.1, 0.15) is 0 Å². The quantitative estimate of drug-likeness (QED) is 0.751. The lowest BCUT2D eigenvalue weighted by Gasteiger charge is -2.20. The molecule has 88 valence electrons. The zero-order valence-corrected chi connectivity index (χ0v) is 10.0. The first-order valence-corrected chi connectivity index (χ1v) is 5.86. The summed E-state index contributed by atoms with van der Waals surface area (Å²) in [4.78, 5) is 11.6. The van der Waals surface area contributed by atoms with Gasteiger partial charge in [-0.2, -0.15) is 0 Å². The summed E-state index contributed by atoms with van der Waals surface area (Å²) in [5.41, 5.74) is 0.200. The van der Waals surface area contributed by atoms with Crippen molar-refractivity contribution in [2.45, 2.75) is 65.0 Å². The van der Waals surface area contributed by atoms with Crippen molar-refractivity contribution in [2.24, 2.45) is 5.41 Å². The third-order valence-electron chi connectivity index (χ3n) is 2.93. The lowest BCUT2D eigenvalue weighted by Crippen LogP contribution is -2.40. The molecular weight excluding hydrogens is 190 g/mol. The van der Waals surface area contributed by atoms with Crippen LogP contribution in [0.4, 0.5) is 0 Å². The number of nitrogens with one attached hydrogen (secondary N) is 1. The second-order valence-corrected chi connectivity index (χ2v) is 5.73. The Kier molecular flexibility index (Phi) is 4.14. The highest BCUT2D eigenvalue weighted by atomic mass is 16.3. The number of hydrogen-bond donors (Lipinski definition) is 2. The predicted octanol–water partition coefficient (Wildman–Crippen LogP) is 1.84. The largest absolute Gasteiger partial charge is 0.391 e. The Hall–Kier alpha value is -0.570. The Labute approximate surface area is 92.3 Å². The summed E-state index contributed by atoms with van der Waals surface area (Å²) in [7, 11) is 0. The van der Waals surface area contributed by atoms with Crippen molar-refractivity contribution in [2.75, 3.05) is 0 Å². The van der Waals surface area contributed by atoms with Crippen molar-refractivity contribution in [1.29, 1.82) is 0 Å². The molecule has 3 nitrogen and oxygen atoms in total. The van der Waals surface area contributed by atoms with E-state index >= 15 is 0 Å². The van der Waals surface area contributed by atoms with E-state index in [0.29, 0.717) is 6.42 Å². The summed E-state index contributed by atoms with van der Waals surface area (Å²) in [5, 5.41) is 12.5. The standard InChI is InChI=1S/C12H23NO2/c1-12(2,3)8-7-11(15)13-9-5-4-6-10(9)14/h9-10,14H,4-8H2,1-3H3,(H,13,15)/t9-,10+/m0/s1. The highest BCUT2D eigenvalue weighted by Crippen LogP contribution is 2.22. The molecule has 2 atom stereocenters. The van der Waals surface area contributed by atoms with E-state index < -0.39 is 0 Å². The van der Waals surface area contributed by atoms with Crippen molar-refractivity contribution < 1.29 is 9.90 Å². The molecule has 15 heavy (non-hydrogen) atoms. The molecule has 0 unspecified atom stereocenters. The van der Waals surface area contributed by atoms with Crippen LogP contribution in [0.3, 0.4) is 0 Å². The first-order chi connectivity index (χ1) is 6.88. The highest BCUT2D eigenvalue weighted by Gasteiger charge is 2.26. The van der Waals surface area contributed by atoms with Gasteiger partial charge in [-0.25, -0.2) is 0 Å². The Balaban J connectivity index is 2.24. The van der Waals surface area contributed by atoms with E-state index in [0.717, 1.165) is 25.7 Å². The second-order valence-electron chi connectivity index (χ2n) is 5.73. The van der Waals surface area contributed by atoms with Crippen LogP contribution in [0.5, 0.6) is 0 Å². The van der Waals surface area contributed by atoms with Gasteiger partial charge in [-0.05, 0) is 31.1 Å². The molecule has 0 aromatic carbocycles. The minimum atomic E-state index is -0.330. The van der Waals surface area contributed by atoms with Crippen molar-refractivity contribution in [1.82, 2.24) is 5.32 Å². The highest BCUT2D eigenvalue weighted by molar-refractivity contribution is 5.76. The van der Waals surface area contributed by atoms with E-state index in [9.17, 15) is 9.90 Å². The molecule has 0 bridgehead atoms. The zero-order valence-electron chi connectivity index (χ0n) is 10.0. The van der Waals surface area contributed by atoms with Crippen LogP contribution >= 0.6 is 0 Å². The van der Waals surface area contributed by atoms with E-state index in [1.165, 1.54) is 0 Å². The smallest absolute Gasteiger partial charge is 0.220 e. The average molecular weight is 213 g/mol. The third-order valence-corrected chi connectivity index (χ3v) is 2.93. The second kappa shape index (κ2) is 4.97. The van der Waals surface area contributed by atoms with Gasteiger partial charge in [-0.1, -0.05) is 20.8 Å². The van der Waals surface area contributed by atoms with Gasteiger partial charge in [0, 0.05) is 6.42 Å². The Morgan fingerprint density at radius 2 is 2.07 bits per heavy atom. The molecule has 3 heteroatoms. The molecule has 0 saturated heterocycles. The Bertz CT molecular complexity index is 220. The van der Waals surface area contributed by atoms with Gasteiger partial charge < -0.3 is 10.4 Å². The Morgan fingerprint density at radius 3 is 2.53 bits per heavy atom. The molecule has 0 aromatic heterocycles. The molecule has 0 aliphatic heterocycles. The number of carbonyl (C=O) groups is 1. The zero-order chi connectivity index (χ0) is 11.5. The maximum Gasteiger partial charge on any atom is 0.220 e. The SMILES string of the molecule is CC(C)(C)CCC(=O)N[C@H]1CCC[C@H]1O. The molecule has 1 aliphatic rings. The summed E-state index contributed by atoms with van der Waals surface area (Å²) >= 11 is 0. The van der Waals surface area contributed by atoms with Crippen molar-refractivity contribution in [3.63, 3.8) is 0 Å². The van der Waals surface area contributed by atoms with Gasteiger partial charge in [0.05, 0.1) is 12.1 Å². The number of hydrogen-bond acceptors (Lipinski definition) is 2. The van der Waals surface area contributed by atoms with Gasteiger partial charge in [-0.15, -0.1) is 0 Å². The lowest BCUT2D eigenvalue weighted by atomic mass is 9.90. The Morgan fingerprint density at radius 1 is 1.40 bits per heavy atom. The van der Waals surface area contributed by atoms with E-state index in [4.69, 9.17) is 0 Å². The molecule has 0 aromatic rings. The lowest BCUT2D eigenvalue weighted by molar-refractivity contribution is -0.122. The van der Waals surface area contributed by atoms with Gasteiger partial charge in [-0.3, -0.25) is 4.79 Å². The fourth-order valence-electron chi connectivity index (χ4n) is 1.88. The number of rotatable bonds is 3. The maximum absolute atomic E-state index is 11.6. The first kappa shape index (κ1) is 12.5. The van der Waals surface area contributed by atoms with Crippen LogP contribution in [-0.4, -0.2) is 23.2 Å². The van der Waals surface area contributed by atoms with Crippen LogP contribution in [0.25, 0.3) is 0 Å². The van der Waals surface area contributed by atoms with E-state index in [2.05, 4.69) is 26.1 Å². The van der Waals surface area contributed by atoms with E-state index in [1.54, 1.807) is 0 Å². The van der Waals surface area contributed by atoms with Gasteiger partial charge in [0.25, 0.3) is 0 Å². The fourth-order valence-corrected chi connectivity index (χ4v) is 1.88. The molecule has 2 N–H and O–H groups in total. The fraction of sp³-hybridized carbons (Fsp3) is 0.917. The predicted molar refractivity (Wildman–Crippen MR) is 60.5 cm³/mol. The monoisotopic (exact) mass is 213 g/mol. The van der Waals surface area contributed by atoms with Crippen LogP contribution < -0.4 is 5.32 Å². The molecular formula is C12H23NO2. The van der Waals surface area contributed by atoms with Gasteiger partial charge in [0.2, 0.25) is 5.91 Å². The van der Waals surface area contributed by atoms with Crippen molar-refractivity contribution in [3.05, 3.63) is 0 Å². The van der Waals surface area contributed by atoms with Crippen LogP contribution in [0, 0.1) is 5.41 Å². The van der Waals surface area contributed by atoms with Crippen molar-refractivity contribution >= 4 is 5.91 Å². The molecule has 0 heterocycles. The molecule has 1 saturated carbocycles. The summed E-state index contributed by atoms with van der Waals surface area (Å²) in [6, 6.07) is -0.00234. The van der Waals surface area contributed by atoms with Crippen LogP contribution in [0.15, 0.2) is 0 Å². The molecule has 1 amide bonds. The number of carbonyl (C=O) groups excluding carboxylic acids is 1. The number of amides is 1. The van der Waals surface area contributed by atoms with Crippen molar-refractivity contribution in [3.8, 4) is 0 Å². The summed E-state index contributed by atoms with van der Waals surface area (Å²) in [6.07, 6.45) is 3.88. The number of aliphatic hydroxyl groups excluding tert-OH is 1. The molecule has 1 rings (SSSR count). The third kappa shape index (κ3) is 4.65. The molecule has 1 aliphatic carbocycles. The molecule has 0 radical (unpaired) electrons. The minimum Gasteiger partial charge on any atom is -0.391 e.